The third-order valence-corrected chi connectivity index (χ3v) is 7.86. The fraction of sp³-hybridized carbons (Fsp3) is 0.842. The quantitative estimate of drug-likeness (QED) is 0.193. The molecule has 0 aromatic heterocycles. The first-order valence-electron chi connectivity index (χ1n) is 18.8. The van der Waals surface area contributed by atoms with Crippen molar-refractivity contribution in [2.45, 2.75) is 143 Å². The van der Waals surface area contributed by atoms with Crippen LogP contribution in [0.1, 0.15) is 109 Å². The number of carbonyl (C=O) groups excluding carboxylic acids is 4. The van der Waals surface area contributed by atoms with Crippen LogP contribution in [0.4, 0.5) is 0 Å². The maximum atomic E-state index is 13.6. The van der Waals surface area contributed by atoms with Gasteiger partial charge in [0.15, 0.2) is 0 Å². The fourth-order valence-electron chi connectivity index (χ4n) is 5.74. The Balaban J connectivity index is 3.74. The van der Waals surface area contributed by atoms with E-state index in [0.717, 1.165) is 0 Å². The predicted molar refractivity (Wildman–Crippen MR) is 201 cm³/mol. The summed E-state index contributed by atoms with van der Waals surface area (Å²) in [5.74, 6) is -4.28. The molecule has 2 atom stereocenters. The average Bonchev–Trinajstić information content (AvgIpc) is 2.93. The van der Waals surface area contributed by atoms with Gasteiger partial charge in [0, 0.05) is 65.2 Å². The summed E-state index contributed by atoms with van der Waals surface area (Å²) in [6.45, 7) is 22.5. The summed E-state index contributed by atoms with van der Waals surface area (Å²) in [4.78, 5) is 84.3. The number of nitrogens with zero attached hydrogens (tertiary/aromatic N) is 4. The molecular formula is C38H68N4O12. The van der Waals surface area contributed by atoms with Crippen molar-refractivity contribution >= 4 is 35.8 Å². The number of hydrogen-bond donors (Lipinski definition) is 2. The predicted octanol–water partition coefficient (Wildman–Crippen LogP) is 3.04. The summed E-state index contributed by atoms with van der Waals surface area (Å²) < 4.78 is 22.7. The van der Waals surface area contributed by atoms with Crippen LogP contribution in [0, 0.1) is 0 Å². The third-order valence-electron chi connectivity index (χ3n) is 7.86. The van der Waals surface area contributed by atoms with E-state index in [1.807, 2.05) is 19.6 Å². The number of rotatable bonds is 14. The molecule has 0 amide bonds. The molecule has 1 rings (SSSR count). The van der Waals surface area contributed by atoms with E-state index < -0.39 is 70.3 Å². The van der Waals surface area contributed by atoms with Crippen LogP contribution in [0.25, 0.3) is 0 Å². The molecule has 0 aromatic carbocycles. The van der Waals surface area contributed by atoms with Gasteiger partial charge in [-0.25, -0.2) is 0 Å². The van der Waals surface area contributed by atoms with E-state index in [9.17, 15) is 39.0 Å². The number of ether oxygens (including phenoxy) is 4. The van der Waals surface area contributed by atoms with Crippen LogP contribution >= 0.6 is 0 Å². The highest BCUT2D eigenvalue weighted by Crippen LogP contribution is 2.19. The zero-order valence-corrected chi connectivity index (χ0v) is 34.8. The molecule has 1 aliphatic heterocycles. The Labute approximate surface area is 321 Å². The molecule has 0 bridgehead atoms. The SMILES string of the molecule is CC(C)(C)OC(=O)CN1CCN([C@H](CCC(=O)O)C(=O)OC(C)(C)C)CCN(CC(=O)OC(C)(C)C)CCN([C@H](CCC(=O)O)C(=O)OC(C)(C)C)CC1. The summed E-state index contributed by atoms with van der Waals surface area (Å²) in [7, 11) is 0. The van der Waals surface area contributed by atoms with Crippen LogP contribution in [0.5, 0.6) is 0 Å². The Morgan fingerprint density at radius 2 is 0.722 bits per heavy atom. The van der Waals surface area contributed by atoms with Gasteiger partial charge in [-0.1, -0.05) is 0 Å². The van der Waals surface area contributed by atoms with E-state index >= 15 is 0 Å². The van der Waals surface area contributed by atoms with E-state index in [0.29, 0.717) is 0 Å². The normalized spacial score (nSPS) is 18.0. The van der Waals surface area contributed by atoms with Gasteiger partial charge in [-0.2, -0.15) is 0 Å². The highest BCUT2D eigenvalue weighted by atomic mass is 16.6. The van der Waals surface area contributed by atoms with Gasteiger partial charge in [0.2, 0.25) is 0 Å². The second-order valence-corrected chi connectivity index (χ2v) is 17.8. The number of carboxylic acids is 2. The topological polar surface area (TPSA) is 193 Å². The molecule has 0 aliphatic carbocycles. The first-order chi connectivity index (χ1) is 24.5. The molecule has 0 spiro atoms. The van der Waals surface area contributed by atoms with Crippen molar-refractivity contribution < 1.29 is 57.9 Å². The van der Waals surface area contributed by atoms with Crippen LogP contribution < -0.4 is 0 Å². The van der Waals surface area contributed by atoms with Gasteiger partial charge >= 0.3 is 35.8 Å². The Hall–Kier alpha value is -3.34. The molecule has 1 aliphatic rings. The van der Waals surface area contributed by atoms with Gasteiger partial charge in [0.25, 0.3) is 0 Å². The highest BCUT2D eigenvalue weighted by molar-refractivity contribution is 5.78. The molecule has 54 heavy (non-hydrogen) atoms. The van der Waals surface area contributed by atoms with Crippen molar-refractivity contribution in [3.8, 4) is 0 Å². The summed E-state index contributed by atoms with van der Waals surface area (Å²) in [6.07, 6.45) is -0.642. The molecule has 0 saturated carbocycles. The lowest BCUT2D eigenvalue weighted by molar-refractivity contribution is -0.164. The maximum absolute atomic E-state index is 13.6. The Morgan fingerprint density at radius 3 is 0.944 bits per heavy atom. The first-order valence-corrected chi connectivity index (χ1v) is 18.8. The zero-order chi connectivity index (χ0) is 41.7. The van der Waals surface area contributed by atoms with Crippen molar-refractivity contribution in [1.82, 2.24) is 19.6 Å². The molecule has 312 valence electrons. The van der Waals surface area contributed by atoms with Crippen LogP contribution in [0.3, 0.4) is 0 Å². The zero-order valence-electron chi connectivity index (χ0n) is 34.8. The maximum Gasteiger partial charge on any atom is 0.323 e. The minimum absolute atomic E-state index is 0.0305. The van der Waals surface area contributed by atoms with Gasteiger partial charge < -0.3 is 29.2 Å². The smallest absolute Gasteiger partial charge is 0.323 e. The summed E-state index contributed by atoms with van der Waals surface area (Å²) >= 11 is 0. The minimum Gasteiger partial charge on any atom is -0.481 e. The van der Waals surface area contributed by atoms with Crippen LogP contribution in [0.2, 0.25) is 0 Å². The van der Waals surface area contributed by atoms with E-state index in [1.54, 1.807) is 83.1 Å². The van der Waals surface area contributed by atoms with Gasteiger partial charge in [-0.05, 0) is 95.9 Å². The standard InChI is InChI=1S/C38H68N4O12/c1-35(2,3)51-31(47)25-39-17-21-41(27(13-15-29(43)44)33(49)53-37(7,8)9)23-19-40(26-32(48)52-36(4,5)6)20-24-42(22-18-39)28(14-16-30(45)46)34(50)54-38(10,11)12/h27-28H,13-26H2,1-12H3,(H,43,44)(H,45,46)/t27-,28-/m1/s1. The van der Waals surface area contributed by atoms with Crippen molar-refractivity contribution in [2.75, 3.05) is 65.4 Å². The second kappa shape index (κ2) is 21.1. The lowest BCUT2D eigenvalue weighted by Crippen LogP contribution is -2.54. The average molecular weight is 773 g/mol. The van der Waals surface area contributed by atoms with Crippen molar-refractivity contribution in [3.05, 3.63) is 0 Å². The van der Waals surface area contributed by atoms with E-state index in [2.05, 4.69) is 0 Å². The van der Waals surface area contributed by atoms with Crippen molar-refractivity contribution in [3.63, 3.8) is 0 Å². The molecule has 1 saturated heterocycles. The van der Waals surface area contributed by atoms with Gasteiger partial charge in [-0.3, -0.25) is 48.4 Å². The van der Waals surface area contributed by atoms with Gasteiger partial charge in [0.05, 0.1) is 13.1 Å². The Kier molecular flexibility index (Phi) is 19.0. The molecule has 1 heterocycles. The lowest BCUT2D eigenvalue weighted by atomic mass is 10.1. The minimum atomic E-state index is -1.07. The first kappa shape index (κ1) is 48.7. The largest absolute Gasteiger partial charge is 0.481 e. The summed E-state index contributed by atoms with van der Waals surface area (Å²) in [5, 5.41) is 19.1. The summed E-state index contributed by atoms with van der Waals surface area (Å²) in [5.41, 5.74) is -3.19. The van der Waals surface area contributed by atoms with Crippen molar-refractivity contribution in [1.29, 1.82) is 0 Å². The summed E-state index contributed by atoms with van der Waals surface area (Å²) in [6, 6.07) is -1.89. The number of aliphatic carboxylic acids is 2. The number of carbonyl (C=O) groups is 6. The molecule has 16 heteroatoms. The number of carboxylic acid groups (broad SMARTS) is 2. The van der Waals surface area contributed by atoms with E-state index in [-0.39, 0.29) is 91.1 Å². The molecule has 1 fully saturated rings. The van der Waals surface area contributed by atoms with Crippen LogP contribution in [-0.4, -0.2) is 166 Å². The number of esters is 4. The number of hydrogen-bond acceptors (Lipinski definition) is 14. The molecular weight excluding hydrogens is 704 g/mol. The Bertz CT molecular complexity index is 1150. The molecule has 0 aromatic rings. The van der Waals surface area contributed by atoms with Crippen LogP contribution in [-0.2, 0) is 47.7 Å². The molecule has 16 nitrogen and oxygen atoms in total. The van der Waals surface area contributed by atoms with E-state index in [4.69, 9.17) is 18.9 Å². The molecule has 0 unspecified atom stereocenters. The van der Waals surface area contributed by atoms with Crippen molar-refractivity contribution in [2.24, 2.45) is 0 Å². The third kappa shape index (κ3) is 22.1. The van der Waals surface area contributed by atoms with Gasteiger partial charge in [0.1, 0.15) is 34.5 Å². The van der Waals surface area contributed by atoms with Crippen LogP contribution in [0.15, 0.2) is 0 Å². The fourth-order valence-corrected chi connectivity index (χ4v) is 5.74. The van der Waals surface area contributed by atoms with Gasteiger partial charge in [-0.15, -0.1) is 0 Å². The van der Waals surface area contributed by atoms with E-state index in [1.165, 1.54) is 0 Å². The molecule has 2 N–H and O–H groups in total. The monoisotopic (exact) mass is 772 g/mol. The Morgan fingerprint density at radius 1 is 0.463 bits per heavy atom. The molecule has 0 radical (unpaired) electrons. The highest BCUT2D eigenvalue weighted by Gasteiger charge is 2.35. The lowest BCUT2D eigenvalue weighted by Gasteiger charge is -2.38. The second-order valence-electron chi connectivity index (χ2n) is 17.8.